The Labute approximate surface area is 101 Å². The van der Waals surface area contributed by atoms with E-state index in [1.165, 1.54) is 6.07 Å². The highest BCUT2D eigenvalue weighted by atomic mass is 35.5. The first-order chi connectivity index (χ1) is 8.11. The fraction of sp³-hybridized carbons (Fsp3) is 0. The van der Waals surface area contributed by atoms with Gasteiger partial charge in [0.25, 0.3) is 0 Å². The van der Waals surface area contributed by atoms with Crippen LogP contribution in [-0.4, -0.2) is 27.5 Å². The fourth-order valence-electron chi connectivity index (χ4n) is 1.52. The van der Waals surface area contributed by atoms with Crippen molar-refractivity contribution in [3.8, 4) is 0 Å². The number of aromatic nitrogens is 1. The van der Waals surface area contributed by atoms with E-state index in [9.17, 15) is 4.79 Å². The molecule has 0 atom stereocenters. The molecule has 0 bridgehead atoms. The van der Waals surface area contributed by atoms with E-state index >= 15 is 0 Å². The van der Waals surface area contributed by atoms with Crippen LogP contribution in [0.4, 0.5) is 0 Å². The molecule has 5 nitrogen and oxygen atoms in total. The molecule has 0 aliphatic carbocycles. The second-order valence-corrected chi connectivity index (χ2v) is 3.74. The molecule has 2 rings (SSSR count). The maximum atomic E-state index is 11.1. The molecule has 0 unspecified atom stereocenters. The monoisotopic (exact) mass is 250 g/mol. The van der Waals surface area contributed by atoms with Crippen molar-refractivity contribution in [2.45, 2.75) is 0 Å². The molecule has 1 heterocycles. The van der Waals surface area contributed by atoms with Crippen LogP contribution in [0.1, 0.15) is 16.1 Å². The lowest BCUT2D eigenvalue weighted by Gasteiger charge is -2.04. The van der Waals surface area contributed by atoms with E-state index in [4.69, 9.17) is 21.9 Å². The summed E-state index contributed by atoms with van der Waals surface area (Å²) in [5.74, 6) is -1.08. The second-order valence-electron chi connectivity index (χ2n) is 3.31. The Hall–Kier alpha value is -2.14. The van der Waals surface area contributed by atoms with Crippen LogP contribution in [0.15, 0.2) is 29.4 Å². The van der Waals surface area contributed by atoms with Crippen LogP contribution in [0.25, 0.3) is 10.9 Å². The zero-order valence-corrected chi connectivity index (χ0v) is 9.22. The largest absolute Gasteiger partial charge is 0.478 e. The third-order valence-electron chi connectivity index (χ3n) is 2.21. The van der Waals surface area contributed by atoms with Gasteiger partial charge < -0.3 is 10.3 Å². The van der Waals surface area contributed by atoms with Gasteiger partial charge in [0.2, 0.25) is 0 Å². The SMILES string of the molecule is O=C(O)c1cc(/C=N/O)nc2cc(Cl)ccc12. The quantitative estimate of drug-likeness (QED) is 0.487. The second kappa shape index (κ2) is 4.39. The summed E-state index contributed by atoms with van der Waals surface area (Å²) in [6.45, 7) is 0. The number of halogens is 1. The van der Waals surface area contributed by atoms with Gasteiger partial charge in [-0.1, -0.05) is 22.8 Å². The molecule has 0 saturated heterocycles. The van der Waals surface area contributed by atoms with E-state index in [0.717, 1.165) is 6.21 Å². The molecule has 0 amide bonds. The van der Waals surface area contributed by atoms with Gasteiger partial charge in [-0.3, -0.25) is 0 Å². The molecule has 0 fully saturated rings. The van der Waals surface area contributed by atoms with Gasteiger partial charge in [-0.2, -0.15) is 0 Å². The van der Waals surface area contributed by atoms with E-state index in [1.54, 1.807) is 18.2 Å². The Bertz CT molecular complexity index is 625. The molecule has 17 heavy (non-hydrogen) atoms. The summed E-state index contributed by atoms with van der Waals surface area (Å²) in [4.78, 5) is 15.2. The van der Waals surface area contributed by atoms with E-state index in [-0.39, 0.29) is 11.3 Å². The predicted octanol–water partition coefficient (Wildman–Crippen LogP) is 2.39. The van der Waals surface area contributed by atoms with Gasteiger partial charge >= 0.3 is 5.97 Å². The van der Waals surface area contributed by atoms with Crippen LogP contribution in [-0.2, 0) is 0 Å². The van der Waals surface area contributed by atoms with Crippen molar-refractivity contribution in [2.24, 2.45) is 5.16 Å². The van der Waals surface area contributed by atoms with Crippen molar-refractivity contribution in [1.82, 2.24) is 4.98 Å². The number of carbonyl (C=O) groups is 1. The zero-order chi connectivity index (χ0) is 12.4. The lowest BCUT2D eigenvalue weighted by atomic mass is 10.1. The average Bonchev–Trinajstić information content (AvgIpc) is 2.27. The molecule has 0 saturated carbocycles. The Kier molecular flexibility index (Phi) is 2.93. The number of hydrogen-bond donors (Lipinski definition) is 2. The van der Waals surface area contributed by atoms with Crippen molar-refractivity contribution >= 4 is 34.7 Å². The minimum atomic E-state index is -1.08. The minimum Gasteiger partial charge on any atom is -0.478 e. The highest BCUT2D eigenvalue weighted by Crippen LogP contribution is 2.21. The summed E-state index contributed by atoms with van der Waals surface area (Å²) in [6.07, 6.45) is 1.06. The predicted molar refractivity (Wildman–Crippen MR) is 63.1 cm³/mol. The van der Waals surface area contributed by atoms with Gasteiger partial charge in [-0.05, 0) is 18.2 Å². The standard InChI is InChI=1S/C11H7ClN2O3/c12-6-1-2-8-9(11(15)16)4-7(5-13-17)14-10(8)3-6/h1-5,17H,(H,15,16)/b13-5+. The topological polar surface area (TPSA) is 82.8 Å². The number of fused-ring (bicyclic) bond motifs is 1. The smallest absolute Gasteiger partial charge is 0.336 e. The summed E-state index contributed by atoms with van der Waals surface area (Å²) in [7, 11) is 0. The minimum absolute atomic E-state index is 0.0848. The Morgan fingerprint density at radius 1 is 1.41 bits per heavy atom. The lowest BCUT2D eigenvalue weighted by Crippen LogP contribution is -2.01. The summed E-state index contributed by atoms with van der Waals surface area (Å²) in [6, 6.07) is 6.07. The van der Waals surface area contributed by atoms with Gasteiger partial charge in [0.1, 0.15) is 0 Å². The number of aromatic carboxylic acids is 1. The molecule has 0 spiro atoms. The molecular formula is C11H7ClN2O3. The highest BCUT2D eigenvalue weighted by Gasteiger charge is 2.11. The molecule has 1 aromatic heterocycles. The van der Waals surface area contributed by atoms with Gasteiger partial charge in [0.05, 0.1) is 23.0 Å². The Morgan fingerprint density at radius 2 is 2.18 bits per heavy atom. The van der Waals surface area contributed by atoms with Crippen molar-refractivity contribution < 1.29 is 15.1 Å². The van der Waals surface area contributed by atoms with Crippen molar-refractivity contribution in [3.05, 3.63) is 40.5 Å². The molecule has 1 aromatic carbocycles. The third-order valence-corrected chi connectivity index (χ3v) is 2.45. The molecule has 0 aliphatic heterocycles. The first-order valence-electron chi connectivity index (χ1n) is 4.63. The lowest BCUT2D eigenvalue weighted by molar-refractivity contribution is 0.0699. The fourth-order valence-corrected chi connectivity index (χ4v) is 1.69. The van der Waals surface area contributed by atoms with E-state index in [0.29, 0.717) is 15.9 Å². The first kappa shape index (κ1) is 11.3. The summed E-state index contributed by atoms with van der Waals surface area (Å²) >= 11 is 5.81. The number of nitrogens with zero attached hydrogens (tertiary/aromatic N) is 2. The number of carboxylic acid groups (broad SMARTS) is 1. The first-order valence-corrected chi connectivity index (χ1v) is 5.00. The summed E-state index contributed by atoms with van der Waals surface area (Å²) < 4.78 is 0. The van der Waals surface area contributed by atoms with E-state index in [1.807, 2.05) is 0 Å². The molecule has 0 radical (unpaired) electrons. The van der Waals surface area contributed by atoms with Crippen LogP contribution in [0.5, 0.6) is 0 Å². The number of pyridine rings is 1. The van der Waals surface area contributed by atoms with Crippen molar-refractivity contribution in [1.29, 1.82) is 0 Å². The number of hydrogen-bond acceptors (Lipinski definition) is 4. The van der Waals surface area contributed by atoms with Gasteiger partial charge in [0.15, 0.2) is 0 Å². The highest BCUT2D eigenvalue weighted by molar-refractivity contribution is 6.31. The van der Waals surface area contributed by atoms with Crippen LogP contribution in [0.2, 0.25) is 5.02 Å². The van der Waals surface area contributed by atoms with Crippen LogP contribution >= 0.6 is 11.6 Å². The number of benzene rings is 1. The van der Waals surface area contributed by atoms with Gasteiger partial charge in [0, 0.05) is 10.4 Å². The molecular weight excluding hydrogens is 244 g/mol. The Morgan fingerprint density at radius 3 is 2.82 bits per heavy atom. The van der Waals surface area contributed by atoms with Crippen LogP contribution < -0.4 is 0 Å². The van der Waals surface area contributed by atoms with Crippen LogP contribution in [0, 0.1) is 0 Å². The van der Waals surface area contributed by atoms with Gasteiger partial charge in [-0.25, -0.2) is 9.78 Å². The molecule has 0 aliphatic rings. The number of oxime groups is 1. The van der Waals surface area contributed by atoms with Crippen molar-refractivity contribution in [3.63, 3.8) is 0 Å². The molecule has 2 aromatic rings. The third kappa shape index (κ3) is 2.19. The maximum Gasteiger partial charge on any atom is 0.336 e. The van der Waals surface area contributed by atoms with E-state index < -0.39 is 5.97 Å². The molecule has 86 valence electrons. The van der Waals surface area contributed by atoms with Crippen LogP contribution in [0.3, 0.4) is 0 Å². The Balaban J connectivity index is 2.80. The maximum absolute atomic E-state index is 11.1. The molecule has 6 heteroatoms. The number of carboxylic acids is 1. The normalized spacial score (nSPS) is 11.1. The summed E-state index contributed by atoms with van der Waals surface area (Å²) in [5, 5.41) is 21.3. The van der Waals surface area contributed by atoms with E-state index in [2.05, 4.69) is 10.1 Å². The number of rotatable bonds is 2. The molecule has 2 N–H and O–H groups in total. The summed E-state index contributed by atoms with van der Waals surface area (Å²) in [5.41, 5.74) is 0.772. The average molecular weight is 251 g/mol. The van der Waals surface area contributed by atoms with Crippen molar-refractivity contribution in [2.75, 3.05) is 0 Å². The van der Waals surface area contributed by atoms with Gasteiger partial charge in [-0.15, -0.1) is 0 Å². The zero-order valence-electron chi connectivity index (χ0n) is 8.46.